The lowest BCUT2D eigenvalue weighted by atomic mass is 10.2. The Morgan fingerprint density at radius 2 is 1.94 bits per heavy atom. The normalized spacial score (nSPS) is 16.3. The van der Waals surface area contributed by atoms with Crippen molar-refractivity contribution < 1.29 is 19.0 Å². The second-order valence-electron chi connectivity index (χ2n) is 7.05. The maximum atomic E-state index is 12.6. The minimum atomic E-state index is -0.183. The predicted molar refractivity (Wildman–Crippen MR) is 121 cm³/mol. The number of para-hydroxylation sites is 2. The highest BCUT2D eigenvalue weighted by atomic mass is 32.2. The quantitative estimate of drug-likeness (QED) is 0.475. The summed E-state index contributed by atoms with van der Waals surface area (Å²) in [6.45, 7) is 2.54. The van der Waals surface area contributed by atoms with E-state index in [1.807, 2.05) is 59.5 Å². The maximum Gasteiger partial charge on any atom is 0.232 e. The van der Waals surface area contributed by atoms with E-state index in [1.54, 1.807) is 11.8 Å². The van der Waals surface area contributed by atoms with Crippen molar-refractivity contribution in [1.82, 2.24) is 14.9 Å². The monoisotopic (exact) mass is 439 g/mol. The molecule has 162 valence electrons. The third-order valence-corrected chi connectivity index (χ3v) is 5.78. The zero-order valence-corrected chi connectivity index (χ0v) is 18.0. The van der Waals surface area contributed by atoms with Gasteiger partial charge in [-0.2, -0.15) is 0 Å². The second-order valence-corrected chi connectivity index (χ2v) is 8.16. The molecular formula is C23H25N3O4S. The first-order chi connectivity index (χ1) is 15.3. The van der Waals surface area contributed by atoms with Crippen molar-refractivity contribution in [2.24, 2.45) is 0 Å². The minimum absolute atomic E-state index is 0.116. The third kappa shape index (κ3) is 6.08. The summed E-state index contributed by atoms with van der Waals surface area (Å²) in [5.41, 5.74) is 0.835. The molecule has 0 N–H and O–H groups in total. The average Bonchev–Trinajstić information content (AvgIpc) is 2.83. The zero-order valence-electron chi connectivity index (χ0n) is 17.2. The molecule has 1 fully saturated rings. The molecule has 4 rings (SSSR count). The number of carbonyl (C=O) groups excluding carboxylic acids is 1. The smallest absolute Gasteiger partial charge is 0.232 e. The first-order valence-electron chi connectivity index (χ1n) is 10.3. The molecule has 3 aromatic rings. The predicted octanol–water partition coefficient (Wildman–Crippen LogP) is 3.05. The fraction of sp³-hybridized carbons (Fsp3) is 0.348. The van der Waals surface area contributed by atoms with Crippen LogP contribution in [-0.4, -0.2) is 71.3 Å². The summed E-state index contributed by atoms with van der Waals surface area (Å²) in [7, 11) is 0. The largest absolute Gasteiger partial charge is 0.493 e. The minimum Gasteiger partial charge on any atom is -0.493 e. The first kappa shape index (κ1) is 21.4. The zero-order chi connectivity index (χ0) is 21.3. The van der Waals surface area contributed by atoms with E-state index in [0.717, 1.165) is 22.4 Å². The van der Waals surface area contributed by atoms with Crippen LogP contribution >= 0.6 is 11.8 Å². The van der Waals surface area contributed by atoms with Crippen molar-refractivity contribution in [2.45, 2.75) is 6.10 Å². The molecule has 0 spiro atoms. The highest BCUT2D eigenvalue weighted by Gasteiger charge is 2.25. The Kier molecular flexibility index (Phi) is 7.57. The van der Waals surface area contributed by atoms with Crippen LogP contribution in [0.25, 0.3) is 10.9 Å². The summed E-state index contributed by atoms with van der Waals surface area (Å²) < 4.78 is 17.4. The molecule has 0 radical (unpaired) electrons. The third-order valence-electron chi connectivity index (χ3n) is 4.87. The van der Waals surface area contributed by atoms with Gasteiger partial charge in [-0.3, -0.25) is 4.79 Å². The van der Waals surface area contributed by atoms with Crippen LogP contribution in [-0.2, 0) is 9.53 Å². The van der Waals surface area contributed by atoms with Gasteiger partial charge in [-0.15, -0.1) is 11.8 Å². The van der Waals surface area contributed by atoms with E-state index in [-0.39, 0.29) is 12.0 Å². The number of nitrogens with zero attached hydrogens (tertiary/aromatic N) is 3. The molecular weight excluding hydrogens is 414 g/mol. The Bertz CT molecular complexity index is 983. The van der Waals surface area contributed by atoms with Gasteiger partial charge in [0.05, 0.1) is 36.4 Å². The molecule has 1 atom stereocenters. The summed E-state index contributed by atoms with van der Waals surface area (Å²) in [5.74, 6) is 2.69. The number of thioether (sulfide) groups is 1. The fourth-order valence-electron chi connectivity index (χ4n) is 3.30. The molecule has 1 saturated heterocycles. The SMILES string of the molecule is O=C(CSCCOc1ccccc1)N1CCOC(COc2ncnc3ccccc23)C1. The Morgan fingerprint density at radius 3 is 2.84 bits per heavy atom. The van der Waals surface area contributed by atoms with Crippen LogP contribution in [0.1, 0.15) is 0 Å². The molecule has 1 aliphatic rings. The van der Waals surface area contributed by atoms with E-state index in [2.05, 4.69) is 9.97 Å². The van der Waals surface area contributed by atoms with Gasteiger partial charge in [-0.05, 0) is 24.3 Å². The lowest BCUT2D eigenvalue weighted by molar-refractivity contribution is -0.137. The van der Waals surface area contributed by atoms with E-state index in [1.165, 1.54) is 6.33 Å². The van der Waals surface area contributed by atoms with Crippen LogP contribution in [0, 0.1) is 0 Å². The number of benzene rings is 2. The second kappa shape index (κ2) is 11.0. The van der Waals surface area contributed by atoms with Crippen LogP contribution in [0.4, 0.5) is 0 Å². The molecule has 1 unspecified atom stereocenters. The highest BCUT2D eigenvalue weighted by Crippen LogP contribution is 2.21. The van der Waals surface area contributed by atoms with Crippen molar-refractivity contribution in [2.75, 3.05) is 44.4 Å². The summed E-state index contributed by atoms with van der Waals surface area (Å²) in [4.78, 5) is 22.9. The number of amides is 1. The van der Waals surface area contributed by atoms with Gasteiger partial charge < -0.3 is 19.1 Å². The summed E-state index contributed by atoms with van der Waals surface area (Å²) in [6.07, 6.45) is 1.31. The number of hydrogen-bond acceptors (Lipinski definition) is 7. The molecule has 1 aromatic heterocycles. The van der Waals surface area contributed by atoms with Crippen molar-refractivity contribution >= 4 is 28.6 Å². The van der Waals surface area contributed by atoms with Gasteiger partial charge in [0.1, 0.15) is 24.8 Å². The first-order valence-corrected chi connectivity index (χ1v) is 11.4. The molecule has 31 heavy (non-hydrogen) atoms. The van der Waals surface area contributed by atoms with Crippen LogP contribution in [0.15, 0.2) is 60.9 Å². The Morgan fingerprint density at radius 1 is 1.10 bits per heavy atom. The Hall–Kier alpha value is -2.84. The number of morpholine rings is 1. The Labute approximate surface area is 185 Å². The molecule has 0 saturated carbocycles. The summed E-state index contributed by atoms with van der Waals surface area (Å²) in [6, 6.07) is 17.4. The molecule has 1 aliphatic heterocycles. The van der Waals surface area contributed by atoms with Gasteiger partial charge in [-0.1, -0.05) is 30.3 Å². The van der Waals surface area contributed by atoms with Crippen LogP contribution in [0.2, 0.25) is 0 Å². The molecule has 8 heteroatoms. The number of hydrogen-bond donors (Lipinski definition) is 0. The van der Waals surface area contributed by atoms with Gasteiger partial charge >= 0.3 is 0 Å². The van der Waals surface area contributed by atoms with Gasteiger partial charge in [-0.25, -0.2) is 9.97 Å². The molecule has 2 aromatic carbocycles. The van der Waals surface area contributed by atoms with E-state index >= 15 is 0 Å². The van der Waals surface area contributed by atoms with Crippen molar-refractivity contribution in [3.8, 4) is 11.6 Å². The summed E-state index contributed by atoms with van der Waals surface area (Å²) >= 11 is 1.58. The van der Waals surface area contributed by atoms with Crippen LogP contribution in [0.5, 0.6) is 11.6 Å². The Balaban J connectivity index is 1.19. The van der Waals surface area contributed by atoms with Gasteiger partial charge in [0.2, 0.25) is 11.8 Å². The van der Waals surface area contributed by atoms with E-state index in [4.69, 9.17) is 14.2 Å². The van der Waals surface area contributed by atoms with E-state index in [0.29, 0.717) is 44.5 Å². The molecule has 1 amide bonds. The van der Waals surface area contributed by atoms with Crippen LogP contribution < -0.4 is 9.47 Å². The average molecular weight is 440 g/mol. The van der Waals surface area contributed by atoms with Crippen molar-refractivity contribution in [1.29, 1.82) is 0 Å². The number of carbonyl (C=O) groups is 1. The van der Waals surface area contributed by atoms with Gasteiger partial charge in [0, 0.05) is 12.3 Å². The van der Waals surface area contributed by atoms with E-state index < -0.39 is 0 Å². The van der Waals surface area contributed by atoms with Gasteiger partial charge in [0.25, 0.3) is 0 Å². The van der Waals surface area contributed by atoms with E-state index in [9.17, 15) is 4.79 Å². The number of aromatic nitrogens is 2. The lowest BCUT2D eigenvalue weighted by Gasteiger charge is -2.32. The molecule has 0 bridgehead atoms. The number of ether oxygens (including phenoxy) is 3. The molecule has 2 heterocycles. The standard InChI is InChI=1S/C23H25N3O4S/c27-22(16-31-13-12-29-18-6-2-1-3-7-18)26-10-11-28-19(14-26)15-30-23-20-8-4-5-9-21(20)24-17-25-23/h1-9,17,19H,10-16H2. The fourth-order valence-corrected chi connectivity index (χ4v) is 4.00. The topological polar surface area (TPSA) is 73.8 Å². The number of rotatable bonds is 9. The van der Waals surface area contributed by atoms with Crippen molar-refractivity contribution in [3.05, 3.63) is 60.9 Å². The number of fused-ring (bicyclic) bond motifs is 1. The molecule has 0 aliphatic carbocycles. The lowest BCUT2D eigenvalue weighted by Crippen LogP contribution is -2.48. The summed E-state index contributed by atoms with van der Waals surface area (Å²) in [5, 5.41) is 0.864. The van der Waals surface area contributed by atoms with Gasteiger partial charge in [0.15, 0.2) is 0 Å². The maximum absolute atomic E-state index is 12.6. The van der Waals surface area contributed by atoms with Crippen LogP contribution in [0.3, 0.4) is 0 Å². The molecule has 7 nitrogen and oxygen atoms in total. The van der Waals surface area contributed by atoms with Crippen molar-refractivity contribution in [3.63, 3.8) is 0 Å². The highest BCUT2D eigenvalue weighted by molar-refractivity contribution is 7.99.